The van der Waals surface area contributed by atoms with E-state index in [2.05, 4.69) is 109 Å². The standard InChI is InChI=1S/C27H37N2.ClH/c1-18(2)22-11-9-12-23(19(3)4)26(22)29(16-15-28-17-29)27-24(20(5)6)13-10-14-25(27)21(7)8;/h9-21H,1-8H3;1H/q+1;/p-1. The van der Waals surface area contributed by atoms with E-state index in [0.717, 1.165) is 0 Å². The lowest BCUT2D eigenvalue weighted by atomic mass is 9.87. The summed E-state index contributed by atoms with van der Waals surface area (Å²) in [5, 5.41) is 0. The van der Waals surface area contributed by atoms with Gasteiger partial charge in [0.1, 0.15) is 6.20 Å². The number of hydrogen-bond donors (Lipinski definition) is 0. The second-order valence-electron chi connectivity index (χ2n) is 9.53. The summed E-state index contributed by atoms with van der Waals surface area (Å²) < 4.78 is 0.587. The predicted octanol–water partition coefficient (Wildman–Crippen LogP) is 5.34. The summed E-state index contributed by atoms with van der Waals surface area (Å²) in [6, 6.07) is 13.7. The lowest BCUT2D eigenvalue weighted by molar-refractivity contribution is -0.00000642. The molecule has 0 N–H and O–H groups in total. The molecule has 0 spiro atoms. The Morgan fingerprint density at radius 3 is 1.17 bits per heavy atom. The zero-order valence-electron chi connectivity index (χ0n) is 19.8. The molecular weight excluding hydrogens is 388 g/mol. The molecule has 3 heteroatoms. The zero-order valence-corrected chi connectivity index (χ0v) is 20.5. The molecule has 30 heavy (non-hydrogen) atoms. The van der Waals surface area contributed by atoms with Crippen molar-refractivity contribution in [1.29, 1.82) is 0 Å². The molecule has 1 heterocycles. The number of benzene rings is 2. The van der Waals surface area contributed by atoms with E-state index in [9.17, 15) is 0 Å². The van der Waals surface area contributed by atoms with E-state index in [4.69, 9.17) is 0 Å². The maximum atomic E-state index is 4.66. The van der Waals surface area contributed by atoms with Crippen LogP contribution >= 0.6 is 0 Å². The summed E-state index contributed by atoms with van der Waals surface area (Å²) in [5.74, 6) is 1.76. The SMILES string of the molecule is CC(C)c1cccc(C(C)C)c1[N+]1(c2c(C(C)C)cccc2C(C)C)C=CN=C1.[Cl-]. The molecule has 162 valence electrons. The minimum atomic E-state index is 0. The van der Waals surface area contributed by atoms with E-state index in [0.29, 0.717) is 28.2 Å². The first-order valence-corrected chi connectivity index (χ1v) is 11.1. The van der Waals surface area contributed by atoms with Gasteiger partial charge in [-0.3, -0.25) is 0 Å². The molecule has 0 fully saturated rings. The molecule has 1 aliphatic heterocycles. The molecule has 2 aromatic rings. The molecule has 3 rings (SSSR count). The molecule has 0 atom stereocenters. The van der Waals surface area contributed by atoms with Crippen molar-refractivity contribution in [3.05, 3.63) is 71.1 Å². The van der Waals surface area contributed by atoms with Crippen molar-refractivity contribution < 1.29 is 12.4 Å². The normalized spacial score (nSPS) is 14.9. The van der Waals surface area contributed by atoms with Gasteiger partial charge in [0.05, 0.1) is 6.20 Å². The summed E-state index contributed by atoms with van der Waals surface area (Å²) in [4.78, 5) is 4.66. The maximum absolute atomic E-state index is 4.66. The predicted molar refractivity (Wildman–Crippen MR) is 128 cm³/mol. The highest BCUT2D eigenvalue weighted by Crippen LogP contribution is 2.50. The Bertz CT molecular complexity index is 806. The second kappa shape index (κ2) is 9.49. The Balaban J connectivity index is 0.00000320. The van der Waals surface area contributed by atoms with Crippen LogP contribution in [-0.2, 0) is 0 Å². The van der Waals surface area contributed by atoms with Gasteiger partial charge in [0.2, 0.25) is 6.34 Å². The Kier molecular flexibility index (Phi) is 7.71. The highest BCUT2D eigenvalue weighted by Gasteiger charge is 2.42. The highest BCUT2D eigenvalue weighted by atomic mass is 35.5. The number of halogens is 1. The van der Waals surface area contributed by atoms with Crippen molar-refractivity contribution in [3.8, 4) is 0 Å². The van der Waals surface area contributed by atoms with E-state index >= 15 is 0 Å². The number of aliphatic imine (C=N–C) groups is 1. The quantitative estimate of drug-likeness (QED) is 0.555. The average Bonchev–Trinajstić information content (AvgIpc) is 3.17. The molecule has 0 saturated heterocycles. The third kappa shape index (κ3) is 4.13. The summed E-state index contributed by atoms with van der Waals surface area (Å²) in [5.41, 5.74) is 8.38. The number of nitrogens with zero attached hydrogens (tertiary/aromatic N) is 2. The van der Waals surface area contributed by atoms with Crippen molar-refractivity contribution >= 4 is 17.7 Å². The lowest BCUT2D eigenvalue weighted by Gasteiger charge is -2.36. The molecule has 2 aromatic carbocycles. The fourth-order valence-electron chi connectivity index (χ4n) is 4.58. The Labute approximate surface area is 189 Å². The van der Waals surface area contributed by atoms with Gasteiger partial charge in [0.25, 0.3) is 0 Å². The van der Waals surface area contributed by atoms with Crippen molar-refractivity contribution in [2.24, 2.45) is 4.99 Å². The van der Waals surface area contributed by atoms with Crippen LogP contribution in [0.2, 0.25) is 0 Å². The monoisotopic (exact) mass is 424 g/mol. The van der Waals surface area contributed by atoms with E-state index in [1.54, 1.807) is 0 Å². The molecule has 0 bridgehead atoms. The van der Waals surface area contributed by atoms with Crippen molar-refractivity contribution in [2.75, 3.05) is 0 Å². The minimum Gasteiger partial charge on any atom is -1.00 e. The van der Waals surface area contributed by atoms with Crippen LogP contribution in [0.25, 0.3) is 0 Å². The number of rotatable bonds is 6. The minimum absolute atomic E-state index is 0. The van der Waals surface area contributed by atoms with E-state index in [1.165, 1.54) is 33.6 Å². The molecule has 0 aliphatic carbocycles. The van der Waals surface area contributed by atoms with Gasteiger partial charge in [-0.1, -0.05) is 91.8 Å². The fourth-order valence-corrected chi connectivity index (χ4v) is 4.58. The number of hydrogen-bond acceptors (Lipinski definition) is 1. The topological polar surface area (TPSA) is 12.4 Å². The third-order valence-electron chi connectivity index (χ3n) is 6.06. The van der Waals surface area contributed by atoms with Gasteiger partial charge in [0, 0.05) is 22.3 Å². The van der Waals surface area contributed by atoms with Gasteiger partial charge >= 0.3 is 0 Å². The van der Waals surface area contributed by atoms with E-state index in [1.807, 2.05) is 6.20 Å². The summed E-state index contributed by atoms with van der Waals surface area (Å²) in [6.07, 6.45) is 6.39. The Hall–Kier alpha value is -1.90. The first kappa shape index (κ1) is 24.4. The van der Waals surface area contributed by atoms with Gasteiger partial charge in [-0.15, -0.1) is 0 Å². The summed E-state index contributed by atoms with van der Waals surface area (Å²) in [6.45, 7) is 18.4. The fraction of sp³-hybridized carbons (Fsp3) is 0.444. The van der Waals surface area contributed by atoms with Crippen molar-refractivity contribution in [1.82, 2.24) is 4.48 Å². The van der Waals surface area contributed by atoms with Crippen LogP contribution in [0, 0.1) is 0 Å². The molecule has 1 aliphatic rings. The van der Waals surface area contributed by atoms with Crippen LogP contribution in [0.5, 0.6) is 0 Å². The first-order valence-electron chi connectivity index (χ1n) is 11.1. The van der Waals surface area contributed by atoms with Crippen LogP contribution in [0.15, 0.2) is 53.8 Å². The molecule has 0 amide bonds. The molecule has 2 nitrogen and oxygen atoms in total. The van der Waals surface area contributed by atoms with Crippen LogP contribution in [0.1, 0.15) is 101 Å². The largest absolute Gasteiger partial charge is 1.00 e. The van der Waals surface area contributed by atoms with E-state index in [-0.39, 0.29) is 12.4 Å². The lowest BCUT2D eigenvalue weighted by Crippen LogP contribution is -3.00. The molecular formula is C27H37ClN2. The third-order valence-corrected chi connectivity index (χ3v) is 6.06. The number of para-hydroxylation sites is 2. The molecule has 0 saturated carbocycles. The van der Waals surface area contributed by atoms with Gasteiger partial charge in [-0.25, -0.2) is 4.99 Å². The molecule has 0 unspecified atom stereocenters. The van der Waals surface area contributed by atoms with Crippen LogP contribution in [-0.4, -0.2) is 6.34 Å². The second-order valence-corrected chi connectivity index (χ2v) is 9.53. The van der Waals surface area contributed by atoms with Gasteiger partial charge in [-0.2, -0.15) is 4.48 Å². The van der Waals surface area contributed by atoms with Crippen LogP contribution in [0.4, 0.5) is 11.4 Å². The molecule has 0 radical (unpaired) electrons. The van der Waals surface area contributed by atoms with E-state index < -0.39 is 0 Å². The van der Waals surface area contributed by atoms with Gasteiger partial charge < -0.3 is 12.4 Å². The van der Waals surface area contributed by atoms with Crippen molar-refractivity contribution in [3.63, 3.8) is 0 Å². The molecule has 0 aromatic heterocycles. The number of quaternary nitrogens is 1. The average molecular weight is 425 g/mol. The Morgan fingerprint density at radius 1 is 0.600 bits per heavy atom. The highest BCUT2D eigenvalue weighted by molar-refractivity contribution is 5.92. The van der Waals surface area contributed by atoms with Crippen molar-refractivity contribution in [2.45, 2.75) is 79.1 Å². The maximum Gasteiger partial charge on any atom is 0.205 e. The Morgan fingerprint density at radius 2 is 0.933 bits per heavy atom. The first-order chi connectivity index (χ1) is 13.7. The zero-order chi connectivity index (χ0) is 21.3. The summed E-state index contributed by atoms with van der Waals surface area (Å²) >= 11 is 0. The smallest absolute Gasteiger partial charge is 0.205 e. The summed E-state index contributed by atoms with van der Waals surface area (Å²) in [7, 11) is 0. The van der Waals surface area contributed by atoms with Gasteiger partial charge in [0.15, 0.2) is 11.4 Å². The van der Waals surface area contributed by atoms with Gasteiger partial charge in [-0.05, 0) is 23.7 Å². The van der Waals surface area contributed by atoms with Crippen LogP contribution in [0.3, 0.4) is 0 Å². The van der Waals surface area contributed by atoms with Crippen LogP contribution < -0.4 is 16.9 Å².